The molecule has 202 valence electrons. The number of fused-ring (bicyclic) bond motifs is 1. The van der Waals surface area contributed by atoms with E-state index in [2.05, 4.69) is 21.9 Å². The fraction of sp³-hybridized carbons (Fsp3) is 0.367. The highest BCUT2D eigenvalue weighted by Crippen LogP contribution is 2.31. The molecule has 2 aromatic carbocycles. The molecule has 2 aliphatic heterocycles. The van der Waals surface area contributed by atoms with Crippen molar-refractivity contribution in [3.8, 4) is 16.9 Å². The summed E-state index contributed by atoms with van der Waals surface area (Å²) in [6, 6.07) is 15.9. The second-order valence-electron chi connectivity index (χ2n) is 10.3. The first kappa shape index (κ1) is 25.2. The standard InChI is InChI=1S/C30H32N4O5/c1-38-19-23-6-5-15-33(23)30-31-25-12-11-22(16-28(25)39-30)34-18-24(29(36)37)27(35)17-26(34)20-7-9-21(10-8-20)32-13-3-2-4-14-32/h7-12,16-18,23H,2-6,13-15,19H2,1H3,(H,36,37)/t23-/m1/s1. The number of piperidine rings is 1. The number of carboxylic acid groups (broad SMARTS) is 1. The fourth-order valence-electron chi connectivity index (χ4n) is 5.75. The first-order valence-electron chi connectivity index (χ1n) is 13.5. The van der Waals surface area contributed by atoms with Crippen LogP contribution in [0.1, 0.15) is 42.5 Å². The molecule has 0 bridgehead atoms. The summed E-state index contributed by atoms with van der Waals surface area (Å²) in [6.07, 6.45) is 7.11. The molecule has 2 fully saturated rings. The molecule has 2 aliphatic rings. The van der Waals surface area contributed by atoms with Gasteiger partial charge in [-0.1, -0.05) is 12.1 Å². The van der Waals surface area contributed by atoms with Crippen molar-refractivity contribution in [2.24, 2.45) is 0 Å². The molecule has 0 saturated carbocycles. The number of methoxy groups -OCH3 is 1. The Labute approximate surface area is 226 Å². The summed E-state index contributed by atoms with van der Waals surface area (Å²) in [5.74, 6) is -1.26. The minimum atomic E-state index is -1.26. The Morgan fingerprint density at radius 1 is 1.03 bits per heavy atom. The highest BCUT2D eigenvalue weighted by molar-refractivity contribution is 5.88. The maximum absolute atomic E-state index is 12.8. The monoisotopic (exact) mass is 528 g/mol. The van der Waals surface area contributed by atoms with Crippen LogP contribution in [0.5, 0.6) is 0 Å². The van der Waals surface area contributed by atoms with Crippen LogP contribution in [0.25, 0.3) is 28.0 Å². The van der Waals surface area contributed by atoms with Crippen LogP contribution in [0.3, 0.4) is 0 Å². The highest BCUT2D eigenvalue weighted by Gasteiger charge is 2.28. The lowest BCUT2D eigenvalue weighted by Crippen LogP contribution is -2.32. The quantitative estimate of drug-likeness (QED) is 0.360. The molecule has 6 rings (SSSR count). The number of carbonyl (C=O) groups is 1. The summed E-state index contributed by atoms with van der Waals surface area (Å²) in [6.45, 7) is 3.55. The van der Waals surface area contributed by atoms with Crippen molar-refractivity contribution in [3.05, 3.63) is 70.5 Å². The van der Waals surface area contributed by atoms with Crippen LogP contribution in [-0.4, -0.2) is 60.0 Å². The number of anilines is 2. The molecule has 4 heterocycles. The third kappa shape index (κ3) is 4.90. The number of nitrogens with zero attached hydrogens (tertiary/aromatic N) is 4. The second kappa shape index (κ2) is 10.6. The molecule has 9 heteroatoms. The molecule has 0 radical (unpaired) electrons. The first-order valence-corrected chi connectivity index (χ1v) is 13.5. The van der Waals surface area contributed by atoms with Crippen LogP contribution in [0.2, 0.25) is 0 Å². The number of hydrogen-bond donors (Lipinski definition) is 1. The number of oxazole rings is 1. The number of hydrogen-bond acceptors (Lipinski definition) is 7. The zero-order valence-corrected chi connectivity index (χ0v) is 22.0. The molecule has 1 atom stereocenters. The van der Waals surface area contributed by atoms with Crippen molar-refractivity contribution in [1.82, 2.24) is 9.55 Å². The van der Waals surface area contributed by atoms with Gasteiger partial charge in [-0.05, 0) is 61.9 Å². The third-order valence-electron chi connectivity index (χ3n) is 7.79. The van der Waals surface area contributed by atoms with Gasteiger partial charge in [0.05, 0.1) is 18.3 Å². The summed E-state index contributed by atoms with van der Waals surface area (Å²) >= 11 is 0. The lowest BCUT2D eigenvalue weighted by molar-refractivity contribution is 0.0695. The number of benzene rings is 2. The second-order valence-corrected chi connectivity index (χ2v) is 10.3. The number of ether oxygens (including phenoxy) is 1. The van der Waals surface area contributed by atoms with E-state index in [1.165, 1.54) is 31.5 Å². The van der Waals surface area contributed by atoms with Crippen molar-refractivity contribution >= 4 is 28.8 Å². The van der Waals surface area contributed by atoms with E-state index in [0.717, 1.165) is 43.7 Å². The summed E-state index contributed by atoms with van der Waals surface area (Å²) in [7, 11) is 1.70. The number of aromatic nitrogens is 2. The molecular formula is C30H32N4O5. The SMILES string of the molecule is COC[C@H]1CCCN1c1nc2ccc(-n3cc(C(=O)O)c(=O)cc3-c3ccc(N4CCCCC4)cc3)cc2o1. The maximum Gasteiger partial charge on any atom is 0.341 e. The number of pyridine rings is 1. The van der Waals surface area contributed by atoms with Crippen molar-refractivity contribution in [2.45, 2.75) is 38.1 Å². The predicted molar refractivity (Wildman–Crippen MR) is 150 cm³/mol. The van der Waals surface area contributed by atoms with E-state index in [1.807, 2.05) is 30.3 Å². The number of carboxylic acids is 1. The molecule has 0 amide bonds. The van der Waals surface area contributed by atoms with Gasteiger partial charge in [0.25, 0.3) is 6.01 Å². The summed E-state index contributed by atoms with van der Waals surface area (Å²) in [5.41, 5.74) is 3.74. The van der Waals surface area contributed by atoms with Gasteiger partial charge in [0, 0.05) is 56.4 Å². The van der Waals surface area contributed by atoms with Gasteiger partial charge in [-0.25, -0.2) is 4.79 Å². The van der Waals surface area contributed by atoms with Gasteiger partial charge in [0.15, 0.2) is 11.0 Å². The molecule has 1 N–H and O–H groups in total. The average molecular weight is 529 g/mol. The largest absolute Gasteiger partial charge is 0.477 e. The van der Waals surface area contributed by atoms with Crippen molar-refractivity contribution < 1.29 is 19.1 Å². The van der Waals surface area contributed by atoms with Crippen molar-refractivity contribution in [2.75, 3.05) is 43.2 Å². The number of rotatable bonds is 7. The molecule has 2 saturated heterocycles. The molecule has 0 unspecified atom stereocenters. The van der Waals surface area contributed by atoms with Crippen LogP contribution in [-0.2, 0) is 4.74 Å². The zero-order chi connectivity index (χ0) is 26.9. The fourth-order valence-corrected chi connectivity index (χ4v) is 5.75. The van der Waals surface area contributed by atoms with E-state index < -0.39 is 11.4 Å². The Morgan fingerprint density at radius 2 is 1.79 bits per heavy atom. The van der Waals surface area contributed by atoms with Gasteiger partial charge in [-0.15, -0.1) is 0 Å². The summed E-state index contributed by atoms with van der Waals surface area (Å²) in [5, 5.41) is 9.68. The topological polar surface area (TPSA) is 101 Å². The normalized spacial score (nSPS) is 17.7. The van der Waals surface area contributed by atoms with Gasteiger partial charge < -0.3 is 28.6 Å². The van der Waals surface area contributed by atoms with Crippen molar-refractivity contribution in [3.63, 3.8) is 0 Å². The molecule has 39 heavy (non-hydrogen) atoms. The molecule has 4 aromatic rings. The number of aromatic carboxylic acids is 1. The van der Waals surface area contributed by atoms with Crippen LogP contribution in [0.15, 0.2) is 63.9 Å². The Hall–Kier alpha value is -4.11. The Bertz CT molecular complexity index is 1550. The molecule has 0 spiro atoms. The highest BCUT2D eigenvalue weighted by atomic mass is 16.5. The predicted octanol–water partition coefficient (Wildman–Crippen LogP) is 4.95. The Morgan fingerprint density at radius 3 is 2.54 bits per heavy atom. The van der Waals surface area contributed by atoms with Crippen molar-refractivity contribution in [1.29, 1.82) is 0 Å². The minimum Gasteiger partial charge on any atom is -0.477 e. The van der Waals surface area contributed by atoms with Gasteiger partial charge in [0.2, 0.25) is 0 Å². The van der Waals surface area contributed by atoms with E-state index in [9.17, 15) is 14.7 Å². The van der Waals surface area contributed by atoms with E-state index in [4.69, 9.17) is 14.1 Å². The Balaban J connectivity index is 1.40. The smallest absolute Gasteiger partial charge is 0.341 e. The summed E-state index contributed by atoms with van der Waals surface area (Å²) in [4.78, 5) is 33.8. The molecular weight excluding hydrogens is 496 g/mol. The Kier molecular flexibility index (Phi) is 6.83. The van der Waals surface area contributed by atoms with E-state index in [1.54, 1.807) is 11.7 Å². The molecule has 2 aromatic heterocycles. The zero-order valence-electron chi connectivity index (χ0n) is 22.0. The maximum atomic E-state index is 12.8. The van der Waals surface area contributed by atoms with Gasteiger partial charge >= 0.3 is 5.97 Å². The summed E-state index contributed by atoms with van der Waals surface area (Å²) < 4.78 is 13.3. The lowest BCUT2D eigenvalue weighted by Gasteiger charge is -2.29. The van der Waals surface area contributed by atoms with Gasteiger partial charge in [-0.3, -0.25) is 4.79 Å². The minimum absolute atomic E-state index is 0.221. The van der Waals surface area contributed by atoms with E-state index in [-0.39, 0.29) is 11.6 Å². The lowest BCUT2D eigenvalue weighted by atomic mass is 10.1. The molecule has 9 nitrogen and oxygen atoms in total. The van der Waals surface area contributed by atoms with Gasteiger partial charge in [-0.2, -0.15) is 4.98 Å². The van der Waals surface area contributed by atoms with E-state index >= 15 is 0 Å². The van der Waals surface area contributed by atoms with Crippen LogP contribution < -0.4 is 15.2 Å². The van der Waals surface area contributed by atoms with Crippen LogP contribution in [0.4, 0.5) is 11.7 Å². The molecule has 0 aliphatic carbocycles. The first-order chi connectivity index (χ1) is 19.0. The van der Waals surface area contributed by atoms with Crippen LogP contribution >= 0.6 is 0 Å². The third-order valence-corrected chi connectivity index (χ3v) is 7.79. The average Bonchev–Trinajstić information content (AvgIpc) is 3.60. The van der Waals surface area contributed by atoms with Crippen LogP contribution in [0, 0.1) is 0 Å². The van der Waals surface area contributed by atoms with E-state index in [0.29, 0.717) is 35.1 Å². The van der Waals surface area contributed by atoms with Gasteiger partial charge in [0.1, 0.15) is 11.1 Å².